The van der Waals surface area contributed by atoms with Gasteiger partial charge in [-0.3, -0.25) is 4.79 Å². The number of carbonyl (C=O) groups excluding carboxylic acids is 1. The Kier molecular flexibility index (Phi) is 5.60. The van der Waals surface area contributed by atoms with Crippen LogP contribution >= 0.6 is 11.3 Å². The molecule has 1 amide bonds. The summed E-state index contributed by atoms with van der Waals surface area (Å²) >= 11 is 1.63. The van der Waals surface area contributed by atoms with Crippen LogP contribution in [0.3, 0.4) is 0 Å². The Labute approximate surface area is 151 Å². The molecule has 2 heterocycles. The number of nitrogens with one attached hydrogen (secondary N) is 1. The van der Waals surface area contributed by atoms with E-state index in [-0.39, 0.29) is 17.9 Å². The van der Waals surface area contributed by atoms with E-state index in [1.54, 1.807) is 11.3 Å². The van der Waals surface area contributed by atoms with Crippen molar-refractivity contribution < 1.29 is 9.32 Å². The third-order valence-corrected chi connectivity index (χ3v) is 4.77. The van der Waals surface area contributed by atoms with Crippen molar-refractivity contribution in [1.82, 2.24) is 15.5 Å². The second-order valence-electron chi connectivity index (χ2n) is 6.13. The standard InChI is InChI=1S/C19H21N3O2S/c1-13(2)19-21-17(24-22-19)11-10-16(23)20-18(15-9-6-12-25-15)14-7-4-3-5-8-14/h3-9,12-13,18H,10-11H2,1-2H3,(H,20,23). The van der Waals surface area contributed by atoms with Crippen molar-refractivity contribution in [3.8, 4) is 0 Å². The molecule has 3 rings (SSSR count). The third-order valence-electron chi connectivity index (χ3n) is 3.83. The molecule has 0 radical (unpaired) electrons. The minimum atomic E-state index is -0.136. The van der Waals surface area contributed by atoms with E-state index in [1.807, 2.05) is 61.7 Å². The van der Waals surface area contributed by atoms with Crippen LogP contribution in [0.25, 0.3) is 0 Å². The zero-order valence-electron chi connectivity index (χ0n) is 14.3. The Morgan fingerprint density at radius 1 is 1.20 bits per heavy atom. The van der Waals surface area contributed by atoms with Gasteiger partial charge in [0.2, 0.25) is 11.8 Å². The van der Waals surface area contributed by atoms with Crippen molar-refractivity contribution in [3.05, 3.63) is 70.0 Å². The van der Waals surface area contributed by atoms with Gasteiger partial charge in [-0.1, -0.05) is 55.4 Å². The molecule has 0 aliphatic rings. The quantitative estimate of drug-likeness (QED) is 0.693. The van der Waals surface area contributed by atoms with Crippen molar-refractivity contribution >= 4 is 17.2 Å². The van der Waals surface area contributed by atoms with Gasteiger partial charge in [-0.05, 0) is 17.0 Å². The van der Waals surface area contributed by atoms with Crippen LogP contribution < -0.4 is 5.32 Å². The maximum atomic E-state index is 12.4. The lowest BCUT2D eigenvalue weighted by Gasteiger charge is -2.18. The van der Waals surface area contributed by atoms with Crippen LogP contribution in [0.5, 0.6) is 0 Å². The zero-order chi connectivity index (χ0) is 17.6. The monoisotopic (exact) mass is 355 g/mol. The minimum absolute atomic E-state index is 0.0356. The van der Waals surface area contributed by atoms with E-state index in [0.29, 0.717) is 24.6 Å². The molecule has 0 aliphatic carbocycles. The van der Waals surface area contributed by atoms with Gasteiger partial charge in [0, 0.05) is 23.6 Å². The van der Waals surface area contributed by atoms with Gasteiger partial charge >= 0.3 is 0 Å². The van der Waals surface area contributed by atoms with Gasteiger partial charge in [0.25, 0.3) is 0 Å². The average molecular weight is 355 g/mol. The molecule has 0 spiro atoms. The molecule has 3 aromatic rings. The maximum absolute atomic E-state index is 12.4. The lowest BCUT2D eigenvalue weighted by Crippen LogP contribution is -2.29. The molecule has 1 atom stereocenters. The first-order valence-corrected chi connectivity index (χ1v) is 9.21. The molecule has 2 aromatic heterocycles. The number of carbonyl (C=O) groups is 1. The first-order valence-electron chi connectivity index (χ1n) is 8.33. The topological polar surface area (TPSA) is 68.0 Å². The Hall–Kier alpha value is -2.47. The number of benzene rings is 1. The first kappa shape index (κ1) is 17.4. The van der Waals surface area contributed by atoms with Gasteiger partial charge < -0.3 is 9.84 Å². The molecule has 0 aliphatic heterocycles. The fraction of sp³-hybridized carbons (Fsp3) is 0.316. The van der Waals surface area contributed by atoms with Crippen molar-refractivity contribution in [3.63, 3.8) is 0 Å². The van der Waals surface area contributed by atoms with Gasteiger partial charge in [-0.15, -0.1) is 11.3 Å². The lowest BCUT2D eigenvalue weighted by molar-refractivity contribution is -0.121. The van der Waals surface area contributed by atoms with E-state index in [1.165, 1.54) is 0 Å². The molecule has 130 valence electrons. The summed E-state index contributed by atoms with van der Waals surface area (Å²) in [6, 6.07) is 13.9. The van der Waals surface area contributed by atoms with Crippen molar-refractivity contribution in [2.45, 2.75) is 38.6 Å². The molecule has 1 aromatic carbocycles. The molecule has 0 saturated heterocycles. The molecule has 1 unspecified atom stereocenters. The highest BCUT2D eigenvalue weighted by Gasteiger charge is 2.18. The van der Waals surface area contributed by atoms with E-state index in [2.05, 4.69) is 15.5 Å². The predicted molar refractivity (Wildman–Crippen MR) is 97.5 cm³/mol. The van der Waals surface area contributed by atoms with Gasteiger partial charge in [0.15, 0.2) is 5.82 Å². The average Bonchev–Trinajstić information content (AvgIpc) is 3.30. The normalized spacial score (nSPS) is 12.3. The highest BCUT2D eigenvalue weighted by atomic mass is 32.1. The first-order chi connectivity index (χ1) is 12.1. The summed E-state index contributed by atoms with van der Waals surface area (Å²) in [5.74, 6) is 1.36. The van der Waals surface area contributed by atoms with Crippen LogP contribution in [-0.2, 0) is 11.2 Å². The van der Waals surface area contributed by atoms with E-state index < -0.39 is 0 Å². The molecular formula is C19H21N3O2S. The van der Waals surface area contributed by atoms with Crippen LogP contribution in [0.2, 0.25) is 0 Å². The smallest absolute Gasteiger partial charge is 0.227 e. The number of rotatable bonds is 7. The van der Waals surface area contributed by atoms with E-state index >= 15 is 0 Å². The summed E-state index contributed by atoms with van der Waals surface area (Å²) in [7, 11) is 0. The van der Waals surface area contributed by atoms with Crippen LogP contribution in [0.1, 0.15) is 54.4 Å². The lowest BCUT2D eigenvalue weighted by atomic mass is 10.1. The van der Waals surface area contributed by atoms with Crippen LogP contribution in [0.15, 0.2) is 52.4 Å². The maximum Gasteiger partial charge on any atom is 0.227 e. The zero-order valence-corrected chi connectivity index (χ0v) is 15.1. The summed E-state index contributed by atoms with van der Waals surface area (Å²) in [4.78, 5) is 17.9. The van der Waals surface area contributed by atoms with Gasteiger partial charge in [-0.2, -0.15) is 4.98 Å². The molecule has 25 heavy (non-hydrogen) atoms. The Balaban J connectivity index is 1.64. The minimum Gasteiger partial charge on any atom is -0.344 e. The summed E-state index contributed by atoms with van der Waals surface area (Å²) in [6.07, 6.45) is 0.756. The molecule has 0 bridgehead atoms. The van der Waals surface area contributed by atoms with E-state index in [4.69, 9.17) is 4.52 Å². The summed E-state index contributed by atoms with van der Waals surface area (Å²) in [5.41, 5.74) is 1.07. The van der Waals surface area contributed by atoms with E-state index in [9.17, 15) is 4.79 Å². The number of thiophene rings is 1. The Morgan fingerprint density at radius 2 is 2.00 bits per heavy atom. The Morgan fingerprint density at radius 3 is 2.64 bits per heavy atom. The van der Waals surface area contributed by atoms with Crippen molar-refractivity contribution in [2.24, 2.45) is 0 Å². The second kappa shape index (κ2) is 8.07. The number of amides is 1. The largest absolute Gasteiger partial charge is 0.344 e. The molecular weight excluding hydrogens is 334 g/mol. The second-order valence-corrected chi connectivity index (χ2v) is 7.11. The van der Waals surface area contributed by atoms with Crippen molar-refractivity contribution in [2.75, 3.05) is 0 Å². The highest BCUT2D eigenvalue weighted by molar-refractivity contribution is 7.10. The molecule has 0 saturated carbocycles. The Bertz CT molecular complexity index is 797. The third kappa shape index (κ3) is 4.54. The summed E-state index contributed by atoms with van der Waals surface area (Å²) in [5, 5.41) is 9.06. The van der Waals surface area contributed by atoms with Gasteiger partial charge in [0.1, 0.15) is 0 Å². The fourth-order valence-electron chi connectivity index (χ4n) is 2.48. The number of nitrogens with zero attached hydrogens (tertiary/aromatic N) is 2. The number of aryl methyl sites for hydroxylation is 1. The van der Waals surface area contributed by atoms with Crippen molar-refractivity contribution in [1.29, 1.82) is 0 Å². The SMILES string of the molecule is CC(C)c1noc(CCC(=O)NC(c2ccccc2)c2cccs2)n1. The van der Waals surface area contributed by atoms with Crippen LogP contribution in [0, 0.1) is 0 Å². The molecule has 5 nitrogen and oxygen atoms in total. The van der Waals surface area contributed by atoms with E-state index in [0.717, 1.165) is 10.4 Å². The molecule has 6 heteroatoms. The summed E-state index contributed by atoms with van der Waals surface area (Å²) in [6.45, 7) is 4.01. The summed E-state index contributed by atoms with van der Waals surface area (Å²) < 4.78 is 5.20. The van der Waals surface area contributed by atoms with Gasteiger partial charge in [0.05, 0.1) is 6.04 Å². The number of aromatic nitrogens is 2. The fourth-order valence-corrected chi connectivity index (χ4v) is 3.28. The predicted octanol–water partition coefficient (Wildman–Crippen LogP) is 4.09. The van der Waals surface area contributed by atoms with Crippen LogP contribution in [-0.4, -0.2) is 16.0 Å². The number of hydrogen-bond acceptors (Lipinski definition) is 5. The van der Waals surface area contributed by atoms with Gasteiger partial charge in [-0.25, -0.2) is 0 Å². The number of hydrogen-bond donors (Lipinski definition) is 1. The van der Waals surface area contributed by atoms with Crippen LogP contribution in [0.4, 0.5) is 0 Å². The molecule has 1 N–H and O–H groups in total. The highest BCUT2D eigenvalue weighted by Crippen LogP contribution is 2.26. The molecule has 0 fully saturated rings.